The number of nitrogens with zero attached hydrogens (tertiary/aromatic N) is 3. The summed E-state index contributed by atoms with van der Waals surface area (Å²) in [5, 5.41) is 7.92. The quantitative estimate of drug-likeness (QED) is 0.794. The fourth-order valence-electron chi connectivity index (χ4n) is 3.40. The van der Waals surface area contributed by atoms with Crippen molar-refractivity contribution in [3.05, 3.63) is 23.0 Å². The van der Waals surface area contributed by atoms with Crippen LogP contribution >= 0.6 is 11.6 Å². The molecule has 0 radical (unpaired) electrons. The van der Waals surface area contributed by atoms with Gasteiger partial charge in [-0.2, -0.15) is 0 Å². The van der Waals surface area contributed by atoms with E-state index in [2.05, 4.69) is 10.2 Å². The molecular weight excluding hydrogens is 262 g/mol. The molecule has 19 heavy (non-hydrogen) atoms. The second kappa shape index (κ2) is 5.08. The Morgan fingerprint density at radius 2 is 1.79 bits per heavy atom. The van der Waals surface area contributed by atoms with Crippen molar-refractivity contribution < 1.29 is 4.79 Å². The number of likely N-dealkylation sites (tertiary alicyclic amines) is 1. The molecule has 2 heterocycles. The van der Waals surface area contributed by atoms with Crippen LogP contribution in [0.4, 0.5) is 0 Å². The van der Waals surface area contributed by atoms with Crippen LogP contribution in [0, 0.1) is 5.41 Å². The molecule has 5 heteroatoms. The van der Waals surface area contributed by atoms with E-state index in [1.807, 2.05) is 4.90 Å². The number of hydrogen-bond donors (Lipinski definition) is 0. The molecule has 0 N–H and O–H groups in total. The first kappa shape index (κ1) is 12.9. The molecule has 1 saturated heterocycles. The molecule has 4 nitrogen and oxygen atoms in total. The highest BCUT2D eigenvalue weighted by Crippen LogP contribution is 2.46. The minimum absolute atomic E-state index is 0.0167. The highest BCUT2D eigenvalue weighted by molar-refractivity contribution is 6.29. The van der Waals surface area contributed by atoms with Gasteiger partial charge >= 0.3 is 0 Å². The molecule has 1 spiro atoms. The summed E-state index contributed by atoms with van der Waals surface area (Å²) >= 11 is 5.69. The zero-order valence-corrected chi connectivity index (χ0v) is 11.7. The van der Waals surface area contributed by atoms with Gasteiger partial charge in [-0.15, -0.1) is 10.2 Å². The van der Waals surface area contributed by atoms with Crippen LogP contribution in [0.2, 0.25) is 5.15 Å². The fraction of sp³-hybridized carbons (Fsp3) is 0.643. The topological polar surface area (TPSA) is 46.1 Å². The Labute approximate surface area is 118 Å². The first-order valence-electron chi connectivity index (χ1n) is 6.97. The molecule has 1 amide bonds. The van der Waals surface area contributed by atoms with E-state index < -0.39 is 0 Å². The van der Waals surface area contributed by atoms with Crippen LogP contribution in [0.25, 0.3) is 0 Å². The summed E-state index contributed by atoms with van der Waals surface area (Å²) in [6.45, 7) is 1.70. The maximum atomic E-state index is 12.3. The largest absolute Gasteiger partial charge is 0.337 e. The molecule has 0 aromatic carbocycles. The van der Waals surface area contributed by atoms with Crippen LogP contribution in [0.15, 0.2) is 12.1 Å². The number of rotatable bonds is 1. The van der Waals surface area contributed by atoms with E-state index in [0.29, 0.717) is 16.3 Å². The Morgan fingerprint density at radius 1 is 1.11 bits per heavy atom. The van der Waals surface area contributed by atoms with Crippen molar-refractivity contribution in [2.75, 3.05) is 13.1 Å². The smallest absolute Gasteiger partial charge is 0.274 e. The van der Waals surface area contributed by atoms with Gasteiger partial charge in [-0.25, -0.2) is 0 Å². The summed E-state index contributed by atoms with van der Waals surface area (Å²) in [6.07, 6.45) is 7.68. The maximum Gasteiger partial charge on any atom is 0.274 e. The van der Waals surface area contributed by atoms with Gasteiger partial charge in [0.05, 0.1) is 0 Å². The zero-order chi connectivity index (χ0) is 13.3. The highest BCUT2D eigenvalue weighted by Gasteiger charge is 2.38. The van der Waals surface area contributed by atoms with Crippen molar-refractivity contribution in [3.63, 3.8) is 0 Å². The molecule has 0 atom stereocenters. The molecule has 0 unspecified atom stereocenters. The van der Waals surface area contributed by atoms with E-state index in [0.717, 1.165) is 25.9 Å². The van der Waals surface area contributed by atoms with E-state index in [9.17, 15) is 4.79 Å². The first-order chi connectivity index (χ1) is 9.19. The van der Waals surface area contributed by atoms with Crippen molar-refractivity contribution >= 4 is 17.5 Å². The first-order valence-corrected chi connectivity index (χ1v) is 7.35. The average molecular weight is 280 g/mol. The second-order valence-electron chi connectivity index (χ2n) is 5.74. The van der Waals surface area contributed by atoms with Gasteiger partial charge in [0.25, 0.3) is 5.91 Å². The molecular formula is C14H18ClN3O. The number of hydrogen-bond acceptors (Lipinski definition) is 3. The normalized spacial score (nSPS) is 21.8. The standard InChI is InChI=1S/C14H18ClN3O/c15-12-4-3-11(16-17-12)13(19)18-9-7-14(8-10-18)5-1-2-6-14/h3-4H,1-2,5-10H2. The number of aromatic nitrogens is 2. The molecule has 1 aromatic rings. The Balaban J connectivity index is 1.64. The molecule has 0 bridgehead atoms. The van der Waals surface area contributed by atoms with Gasteiger partial charge in [-0.1, -0.05) is 24.4 Å². The molecule has 2 fully saturated rings. The van der Waals surface area contributed by atoms with Crippen molar-refractivity contribution in [1.82, 2.24) is 15.1 Å². The van der Waals surface area contributed by atoms with Crippen molar-refractivity contribution in [3.8, 4) is 0 Å². The summed E-state index contributed by atoms with van der Waals surface area (Å²) in [6, 6.07) is 3.27. The van der Waals surface area contributed by atoms with Gasteiger partial charge in [0.2, 0.25) is 0 Å². The van der Waals surface area contributed by atoms with Gasteiger partial charge in [0, 0.05) is 13.1 Å². The summed E-state index contributed by atoms with van der Waals surface area (Å²) in [7, 11) is 0. The molecule has 1 aliphatic heterocycles. The minimum Gasteiger partial charge on any atom is -0.337 e. The van der Waals surface area contributed by atoms with Crippen molar-refractivity contribution in [1.29, 1.82) is 0 Å². The maximum absolute atomic E-state index is 12.3. The van der Waals surface area contributed by atoms with Crippen LogP contribution < -0.4 is 0 Å². The number of carbonyl (C=O) groups excluding carboxylic acids is 1. The van der Waals surface area contributed by atoms with Gasteiger partial charge in [0.1, 0.15) is 0 Å². The third-order valence-corrected chi connectivity index (χ3v) is 4.83. The van der Waals surface area contributed by atoms with Crippen LogP contribution in [0.1, 0.15) is 49.0 Å². The summed E-state index contributed by atoms with van der Waals surface area (Å²) in [4.78, 5) is 14.2. The lowest BCUT2D eigenvalue weighted by Crippen LogP contribution is -2.42. The van der Waals surface area contributed by atoms with Gasteiger partial charge in [0.15, 0.2) is 10.8 Å². The Hall–Kier alpha value is -1.16. The van der Waals surface area contributed by atoms with E-state index in [1.54, 1.807) is 12.1 Å². The van der Waals surface area contributed by atoms with Crippen LogP contribution in [0.5, 0.6) is 0 Å². The van der Waals surface area contributed by atoms with E-state index in [1.165, 1.54) is 25.7 Å². The van der Waals surface area contributed by atoms with Gasteiger partial charge in [-0.05, 0) is 43.2 Å². The second-order valence-corrected chi connectivity index (χ2v) is 6.13. The molecule has 102 valence electrons. The summed E-state index contributed by atoms with van der Waals surface area (Å²) in [5.41, 5.74) is 0.925. The summed E-state index contributed by atoms with van der Waals surface area (Å²) < 4.78 is 0. The Morgan fingerprint density at radius 3 is 2.37 bits per heavy atom. The minimum atomic E-state index is -0.0167. The third-order valence-electron chi connectivity index (χ3n) is 4.63. The Bertz CT molecular complexity index is 458. The summed E-state index contributed by atoms with van der Waals surface area (Å²) in [5.74, 6) is -0.0167. The van der Waals surface area contributed by atoms with Gasteiger partial charge in [-0.3, -0.25) is 4.79 Å². The lowest BCUT2D eigenvalue weighted by molar-refractivity contribution is 0.0581. The predicted octanol–water partition coefficient (Wildman–Crippen LogP) is 2.93. The SMILES string of the molecule is O=C(c1ccc(Cl)nn1)N1CCC2(CCCC2)CC1. The molecule has 1 aromatic heterocycles. The fourth-order valence-corrected chi connectivity index (χ4v) is 3.50. The van der Waals surface area contributed by atoms with Gasteiger partial charge < -0.3 is 4.90 Å². The Kier molecular flexibility index (Phi) is 3.44. The third kappa shape index (κ3) is 2.59. The molecule has 2 aliphatic rings. The molecule has 3 rings (SSSR count). The molecule has 1 aliphatic carbocycles. The zero-order valence-electron chi connectivity index (χ0n) is 10.9. The van der Waals surface area contributed by atoms with E-state index in [4.69, 9.17) is 11.6 Å². The lowest BCUT2D eigenvalue weighted by atomic mass is 9.77. The number of carbonyl (C=O) groups is 1. The van der Waals surface area contributed by atoms with Crippen LogP contribution in [-0.2, 0) is 0 Å². The lowest BCUT2D eigenvalue weighted by Gasteiger charge is -2.39. The number of amides is 1. The number of piperidine rings is 1. The average Bonchev–Trinajstić information content (AvgIpc) is 2.88. The monoisotopic (exact) mass is 279 g/mol. The van der Waals surface area contributed by atoms with E-state index >= 15 is 0 Å². The van der Waals surface area contributed by atoms with E-state index in [-0.39, 0.29) is 5.91 Å². The highest BCUT2D eigenvalue weighted by atomic mass is 35.5. The van der Waals surface area contributed by atoms with Crippen LogP contribution in [0.3, 0.4) is 0 Å². The molecule has 1 saturated carbocycles. The van der Waals surface area contributed by atoms with Crippen molar-refractivity contribution in [2.24, 2.45) is 5.41 Å². The van der Waals surface area contributed by atoms with Crippen LogP contribution in [-0.4, -0.2) is 34.1 Å². The number of halogens is 1. The predicted molar refractivity (Wildman–Crippen MR) is 73.1 cm³/mol. The van der Waals surface area contributed by atoms with Crippen molar-refractivity contribution in [2.45, 2.75) is 38.5 Å².